The van der Waals surface area contributed by atoms with E-state index >= 15 is 0 Å². The number of benzene rings is 1. The lowest BCUT2D eigenvalue weighted by Crippen LogP contribution is -2.30. The van der Waals surface area contributed by atoms with E-state index in [4.69, 9.17) is 5.73 Å². The van der Waals surface area contributed by atoms with E-state index in [0.717, 1.165) is 25.7 Å². The highest BCUT2D eigenvalue weighted by molar-refractivity contribution is 5.61. The highest BCUT2D eigenvalue weighted by Crippen LogP contribution is 2.26. The molecule has 2 rings (SSSR count). The molecule has 104 valence electrons. The van der Waals surface area contributed by atoms with E-state index in [9.17, 15) is 15.2 Å². The molecule has 19 heavy (non-hydrogen) atoms. The molecule has 0 saturated heterocycles. The van der Waals surface area contributed by atoms with E-state index in [0.29, 0.717) is 17.9 Å². The van der Waals surface area contributed by atoms with Crippen molar-refractivity contribution in [2.75, 3.05) is 17.6 Å². The van der Waals surface area contributed by atoms with Gasteiger partial charge in [0.05, 0.1) is 11.0 Å². The van der Waals surface area contributed by atoms with Gasteiger partial charge in [0.2, 0.25) is 0 Å². The van der Waals surface area contributed by atoms with Crippen LogP contribution in [0.2, 0.25) is 0 Å². The van der Waals surface area contributed by atoms with Crippen LogP contribution < -0.4 is 11.1 Å². The predicted octanol–water partition coefficient (Wildman–Crippen LogP) is 2.14. The predicted molar refractivity (Wildman–Crippen MR) is 74.0 cm³/mol. The fraction of sp³-hybridized carbons (Fsp3) is 0.538. The molecule has 0 aliphatic heterocycles. The molecule has 2 atom stereocenters. The van der Waals surface area contributed by atoms with E-state index in [1.807, 2.05) is 0 Å². The van der Waals surface area contributed by atoms with Crippen molar-refractivity contribution in [3.05, 3.63) is 28.3 Å². The average Bonchev–Trinajstić information content (AvgIpc) is 2.37. The molecule has 1 aliphatic carbocycles. The van der Waals surface area contributed by atoms with E-state index in [1.54, 1.807) is 6.07 Å². The molecule has 0 bridgehead atoms. The second kappa shape index (κ2) is 5.88. The van der Waals surface area contributed by atoms with Gasteiger partial charge in [-0.15, -0.1) is 0 Å². The first-order valence-electron chi connectivity index (χ1n) is 6.53. The topological polar surface area (TPSA) is 101 Å². The average molecular weight is 265 g/mol. The number of non-ortho nitro benzene ring substituents is 1. The Labute approximate surface area is 111 Å². The number of nitrogens with one attached hydrogen (secondary N) is 1. The Balaban J connectivity index is 2.00. The van der Waals surface area contributed by atoms with Crippen molar-refractivity contribution in [3.8, 4) is 0 Å². The first-order chi connectivity index (χ1) is 9.06. The molecule has 1 aromatic rings. The van der Waals surface area contributed by atoms with E-state index in [2.05, 4.69) is 5.32 Å². The minimum Gasteiger partial charge on any atom is -0.398 e. The number of aliphatic hydroxyl groups excluding tert-OH is 1. The summed E-state index contributed by atoms with van der Waals surface area (Å²) in [7, 11) is 0. The van der Waals surface area contributed by atoms with E-state index in [1.165, 1.54) is 12.1 Å². The van der Waals surface area contributed by atoms with Crippen molar-refractivity contribution in [1.29, 1.82) is 0 Å². The number of hydrogen-bond acceptors (Lipinski definition) is 5. The summed E-state index contributed by atoms with van der Waals surface area (Å²) < 4.78 is 0. The summed E-state index contributed by atoms with van der Waals surface area (Å²) in [6.45, 7) is 0.613. The fourth-order valence-electron chi connectivity index (χ4n) is 2.52. The van der Waals surface area contributed by atoms with Gasteiger partial charge in [0, 0.05) is 36.0 Å². The summed E-state index contributed by atoms with van der Waals surface area (Å²) in [5, 5.41) is 23.8. The third kappa shape index (κ3) is 3.57. The Kier molecular flexibility index (Phi) is 4.21. The standard InChI is InChI=1S/C13H19N3O3/c14-10-5-11(7-12(6-10)16(18)19)15-8-9-3-1-2-4-13(9)17/h5-7,9,13,15,17H,1-4,8,14H2. The third-order valence-corrected chi connectivity index (χ3v) is 3.59. The second-order valence-electron chi connectivity index (χ2n) is 5.06. The number of nitro groups is 1. The summed E-state index contributed by atoms with van der Waals surface area (Å²) in [5.41, 5.74) is 6.61. The summed E-state index contributed by atoms with van der Waals surface area (Å²) in [6.07, 6.45) is 3.74. The zero-order valence-corrected chi connectivity index (χ0v) is 10.7. The first-order valence-corrected chi connectivity index (χ1v) is 6.53. The minimum absolute atomic E-state index is 0.0216. The maximum Gasteiger partial charge on any atom is 0.273 e. The molecule has 0 spiro atoms. The molecule has 1 aliphatic rings. The van der Waals surface area contributed by atoms with Gasteiger partial charge in [0.1, 0.15) is 0 Å². The van der Waals surface area contributed by atoms with E-state index < -0.39 is 4.92 Å². The number of nitrogen functional groups attached to an aromatic ring is 1. The van der Waals surface area contributed by atoms with Gasteiger partial charge in [-0.05, 0) is 18.9 Å². The van der Waals surface area contributed by atoms with Gasteiger partial charge in [-0.1, -0.05) is 12.8 Å². The third-order valence-electron chi connectivity index (χ3n) is 3.59. The maximum atomic E-state index is 10.7. The van der Waals surface area contributed by atoms with Crippen LogP contribution in [-0.2, 0) is 0 Å². The second-order valence-corrected chi connectivity index (χ2v) is 5.06. The fourth-order valence-corrected chi connectivity index (χ4v) is 2.52. The van der Waals surface area contributed by atoms with Crippen molar-refractivity contribution >= 4 is 17.1 Å². The number of nitrogens with zero attached hydrogens (tertiary/aromatic N) is 1. The zero-order valence-electron chi connectivity index (χ0n) is 10.7. The molecule has 0 heterocycles. The van der Waals surface area contributed by atoms with Gasteiger partial charge >= 0.3 is 0 Å². The summed E-state index contributed by atoms with van der Waals surface area (Å²) >= 11 is 0. The van der Waals surface area contributed by atoms with Gasteiger partial charge < -0.3 is 16.2 Å². The molecular formula is C13H19N3O3. The van der Waals surface area contributed by atoms with Crippen LogP contribution in [0.15, 0.2) is 18.2 Å². The Bertz CT molecular complexity index is 464. The van der Waals surface area contributed by atoms with Crippen molar-refractivity contribution in [1.82, 2.24) is 0 Å². The van der Waals surface area contributed by atoms with Crippen LogP contribution in [0.5, 0.6) is 0 Å². The number of hydrogen-bond donors (Lipinski definition) is 3. The normalized spacial score (nSPS) is 23.0. The summed E-state index contributed by atoms with van der Waals surface area (Å²) in [5.74, 6) is 0.203. The van der Waals surface area contributed by atoms with Crippen molar-refractivity contribution in [3.63, 3.8) is 0 Å². The molecule has 2 unspecified atom stereocenters. The van der Waals surface area contributed by atoms with Gasteiger partial charge in [-0.2, -0.15) is 0 Å². The van der Waals surface area contributed by atoms with Crippen molar-refractivity contribution in [2.45, 2.75) is 31.8 Å². The lowest BCUT2D eigenvalue weighted by atomic mass is 9.86. The van der Waals surface area contributed by atoms with Gasteiger partial charge in [-0.25, -0.2) is 0 Å². The van der Waals surface area contributed by atoms with Gasteiger partial charge in [0.25, 0.3) is 5.69 Å². The van der Waals surface area contributed by atoms with Crippen LogP contribution in [-0.4, -0.2) is 22.7 Å². The molecule has 0 aromatic heterocycles. The van der Waals surface area contributed by atoms with Crippen LogP contribution in [0, 0.1) is 16.0 Å². The lowest BCUT2D eigenvalue weighted by molar-refractivity contribution is -0.384. The highest BCUT2D eigenvalue weighted by atomic mass is 16.6. The van der Waals surface area contributed by atoms with Crippen molar-refractivity contribution in [2.24, 2.45) is 5.92 Å². The monoisotopic (exact) mass is 265 g/mol. The quantitative estimate of drug-likeness (QED) is 0.440. The summed E-state index contributed by atoms with van der Waals surface area (Å²) in [6, 6.07) is 4.47. The zero-order chi connectivity index (χ0) is 13.8. The Morgan fingerprint density at radius 3 is 2.79 bits per heavy atom. The van der Waals surface area contributed by atoms with Crippen LogP contribution >= 0.6 is 0 Å². The van der Waals surface area contributed by atoms with Crippen LogP contribution in [0.1, 0.15) is 25.7 Å². The SMILES string of the molecule is Nc1cc(NCC2CCCCC2O)cc([N+](=O)[O-])c1. The molecule has 0 amide bonds. The molecule has 1 fully saturated rings. The number of nitro benzene ring substituents is 1. The van der Waals surface area contributed by atoms with Crippen LogP contribution in [0.3, 0.4) is 0 Å². The molecular weight excluding hydrogens is 246 g/mol. The number of anilines is 2. The van der Waals surface area contributed by atoms with Crippen LogP contribution in [0.25, 0.3) is 0 Å². The van der Waals surface area contributed by atoms with E-state index in [-0.39, 0.29) is 17.7 Å². The smallest absolute Gasteiger partial charge is 0.273 e. The van der Waals surface area contributed by atoms with Crippen LogP contribution in [0.4, 0.5) is 17.1 Å². The molecule has 6 nitrogen and oxygen atoms in total. The molecule has 1 saturated carbocycles. The van der Waals surface area contributed by atoms with Crippen molar-refractivity contribution < 1.29 is 10.0 Å². The Morgan fingerprint density at radius 2 is 2.11 bits per heavy atom. The molecule has 0 radical (unpaired) electrons. The van der Waals surface area contributed by atoms with Gasteiger partial charge in [-0.3, -0.25) is 10.1 Å². The Hall–Kier alpha value is -1.82. The molecule has 4 N–H and O–H groups in total. The first kappa shape index (κ1) is 13.6. The largest absolute Gasteiger partial charge is 0.398 e. The Morgan fingerprint density at radius 1 is 1.37 bits per heavy atom. The molecule has 6 heteroatoms. The highest BCUT2D eigenvalue weighted by Gasteiger charge is 2.22. The minimum atomic E-state index is -0.461. The van der Waals surface area contributed by atoms with Gasteiger partial charge in [0.15, 0.2) is 0 Å². The maximum absolute atomic E-state index is 10.7. The number of rotatable bonds is 4. The number of aliphatic hydroxyl groups is 1. The summed E-state index contributed by atoms with van der Waals surface area (Å²) in [4.78, 5) is 10.3. The number of nitrogens with two attached hydrogens (primary N) is 1. The molecule has 1 aromatic carbocycles. The lowest BCUT2D eigenvalue weighted by Gasteiger charge is -2.28.